The van der Waals surface area contributed by atoms with Gasteiger partial charge in [0.15, 0.2) is 5.65 Å². The van der Waals surface area contributed by atoms with Crippen molar-refractivity contribution in [1.29, 1.82) is 0 Å². The number of hydrogen-bond donors (Lipinski definition) is 2. The van der Waals surface area contributed by atoms with Gasteiger partial charge in [0.2, 0.25) is 11.9 Å². The molecule has 0 aliphatic carbocycles. The van der Waals surface area contributed by atoms with E-state index >= 15 is 0 Å². The average Bonchev–Trinajstić information content (AvgIpc) is 2.99. The molecule has 0 bridgehead atoms. The molecule has 0 unspecified atom stereocenters. The van der Waals surface area contributed by atoms with Crippen LogP contribution in [0.4, 0.5) is 11.6 Å². The molecular formula is C17H18N6O2. The number of nitrogens with one attached hydrogen (secondary N) is 2. The van der Waals surface area contributed by atoms with Crippen molar-refractivity contribution in [2.75, 3.05) is 16.8 Å². The number of piperidine rings is 1. The maximum atomic E-state index is 12.8. The Morgan fingerprint density at radius 1 is 1.24 bits per heavy atom. The third kappa shape index (κ3) is 2.75. The van der Waals surface area contributed by atoms with Gasteiger partial charge < -0.3 is 10.2 Å². The molecule has 8 nitrogen and oxygen atoms in total. The van der Waals surface area contributed by atoms with Gasteiger partial charge in [-0.05, 0) is 25.0 Å². The first-order valence-electron chi connectivity index (χ1n) is 8.18. The van der Waals surface area contributed by atoms with Crippen LogP contribution in [0.5, 0.6) is 0 Å². The molecule has 4 rings (SSSR count). The van der Waals surface area contributed by atoms with Crippen LogP contribution in [0, 0.1) is 0 Å². The summed E-state index contributed by atoms with van der Waals surface area (Å²) in [5.41, 5.74) is 1.08. The van der Waals surface area contributed by atoms with Crippen LogP contribution in [0.2, 0.25) is 0 Å². The average molecular weight is 338 g/mol. The quantitative estimate of drug-likeness (QED) is 0.750. The van der Waals surface area contributed by atoms with Gasteiger partial charge in [0, 0.05) is 19.3 Å². The predicted octanol–water partition coefficient (Wildman–Crippen LogP) is 1.26. The molecule has 1 saturated heterocycles. The lowest BCUT2D eigenvalue weighted by atomic mass is 10.0. The van der Waals surface area contributed by atoms with Crippen molar-refractivity contribution >= 4 is 28.6 Å². The first-order chi connectivity index (χ1) is 12.1. The van der Waals surface area contributed by atoms with Crippen LogP contribution in [0.15, 0.2) is 41.3 Å². The molecule has 1 fully saturated rings. The number of rotatable bonds is 3. The lowest BCUT2D eigenvalue weighted by molar-refractivity contribution is -0.120. The van der Waals surface area contributed by atoms with E-state index < -0.39 is 6.04 Å². The number of para-hydroxylation sites is 1. The minimum absolute atomic E-state index is 0.0230. The standard InChI is InChI=1S/C17H18N6O2/c1-22-14-12(10-18-22)15(24)21-17(20-14)19-13-8-5-9-23(16(13)25)11-6-3-2-4-7-11/h2-4,6-7,10,13H,5,8-9H2,1H3,(H2,19,20,21,24)/t13-/m1/s1. The maximum Gasteiger partial charge on any atom is 0.263 e. The summed E-state index contributed by atoms with van der Waals surface area (Å²) in [6, 6.07) is 9.16. The molecule has 8 heteroatoms. The zero-order chi connectivity index (χ0) is 17.4. The van der Waals surface area contributed by atoms with E-state index in [-0.39, 0.29) is 17.4 Å². The van der Waals surface area contributed by atoms with E-state index in [1.807, 2.05) is 30.3 Å². The van der Waals surface area contributed by atoms with Gasteiger partial charge in [-0.25, -0.2) is 0 Å². The van der Waals surface area contributed by atoms with Crippen LogP contribution in [0.1, 0.15) is 12.8 Å². The SMILES string of the molecule is Cn1ncc2c(=O)[nH]c(N[C@@H]3CCCN(c4ccccc4)C3=O)nc21. The van der Waals surface area contributed by atoms with Gasteiger partial charge >= 0.3 is 0 Å². The second-order valence-corrected chi connectivity index (χ2v) is 6.08. The Bertz CT molecular complexity index is 978. The minimum Gasteiger partial charge on any atom is -0.344 e. The topological polar surface area (TPSA) is 95.9 Å². The summed E-state index contributed by atoms with van der Waals surface area (Å²) in [5, 5.41) is 7.55. The number of carbonyl (C=O) groups is 1. The Kier molecular flexibility index (Phi) is 3.72. The van der Waals surface area contributed by atoms with Gasteiger partial charge in [0.05, 0.1) is 6.20 Å². The van der Waals surface area contributed by atoms with E-state index in [2.05, 4.69) is 20.4 Å². The van der Waals surface area contributed by atoms with Crippen molar-refractivity contribution in [1.82, 2.24) is 19.7 Å². The summed E-state index contributed by atoms with van der Waals surface area (Å²) in [6.07, 6.45) is 3.04. The van der Waals surface area contributed by atoms with Gasteiger partial charge in [-0.15, -0.1) is 0 Å². The molecule has 128 valence electrons. The Morgan fingerprint density at radius 2 is 2.04 bits per heavy atom. The third-order valence-corrected chi connectivity index (χ3v) is 4.42. The van der Waals surface area contributed by atoms with E-state index in [4.69, 9.17) is 0 Å². The van der Waals surface area contributed by atoms with E-state index in [0.717, 1.165) is 12.1 Å². The Balaban J connectivity index is 1.61. The molecule has 25 heavy (non-hydrogen) atoms. The largest absolute Gasteiger partial charge is 0.344 e. The van der Waals surface area contributed by atoms with Crippen molar-refractivity contribution in [2.24, 2.45) is 7.05 Å². The van der Waals surface area contributed by atoms with Crippen LogP contribution in [0.25, 0.3) is 11.0 Å². The molecule has 1 aliphatic rings. The second-order valence-electron chi connectivity index (χ2n) is 6.08. The number of aromatic amines is 1. The van der Waals surface area contributed by atoms with Gasteiger partial charge in [-0.1, -0.05) is 18.2 Å². The van der Waals surface area contributed by atoms with E-state index in [9.17, 15) is 9.59 Å². The number of amides is 1. The number of H-pyrrole nitrogens is 1. The molecule has 0 spiro atoms. The van der Waals surface area contributed by atoms with Crippen LogP contribution in [-0.4, -0.2) is 38.2 Å². The molecule has 1 atom stereocenters. The fraction of sp³-hybridized carbons (Fsp3) is 0.294. The maximum absolute atomic E-state index is 12.8. The van der Waals surface area contributed by atoms with Crippen LogP contribution in [0.3, 0.4) is 0 Å². The summed E-state index contributed by atoms with van der Waals surface area (Å²) >= 11 is 0. The predicted molar refractivity (Wildman–Crippen MR) is 94.6 cm³/mol. The number of anilines is 2. The molecule has 0 saturated carbocycles. The Morgan fingerprint density at radius 3 is 2.84 bits per heavy atom. The van der Waals surface area contributed by atoms with Crippen molar-refractivity contribution in [3.05, 3.63) is 46.9 Å². The van der Waals surface area contributed by atoms with Gasteiger partial charge in [0.25, 0.3) is 5.56 Å². The zero-order valence-corrected chi connectivity index (χ0v) is 13.8. The molecular weight excluding hydrogens is 320 g/mol. The third-order valence-electron chi connectivity index (χ3n) is 4.42. The number of nitrogens with zero attached hydrogens (tertiary/aromatic N) is 4. The summed E-state index contributed by atoms with van der Waals surface area (Å²) < 4.78 is 1.54. The highest BCUT2D eigenvalue weighted by Gasteiger charge is 2.30. The first kappa shape index (κ1) is 15.4. The zero-order valence-electron chi connectivity index (χ0n) is 13.8. The number of carbonyl (C=O) groups excluding carboxylic acids is 1. The molecule has 1 amide bonds. The monoisotopic (exact) mass is 338 g/mol. The first-order valence-corrected chi connectivity index (χ1v) is 8.18. The van der Waals surface area contributed by atoms with Gasteiger partial charge in [0.1, 0.15) is 11.4 Å². The van der Waals surface area contributed by atoms with Gasteiger partial charge in [-0.3, -0.25) is 19.3 Å². The minimum atomic E-state index is -0.428. The molecule has 3 heterocycles. The Labute approximate surface area is 143 Å². The summed E-state index contributed by atoms with van der Waals surface area (Å²) in [4.78, 5) is 33.8. The van der Waals surface area contributed by atoms with Crippen molar-refractivity contribution in [3.63, 3.8) is 0 Å². The van der Waals surface area contributed by atoms with E-state index in [1.54, 1.807) is 11.9 Å². The number of fused-ring (bicyclic) bond motifs is 1. The highest BCUT2D eigenvalue weighted by Crippen LogP contribution is 2.22. The smallest absolute Gasteiger partial charge is 0.263 e. The molecule has 3 aromatic rings. The number of aryl methyl sites for hydroxylation is 1. The second kappa shape index (κ2) is 6.04. The van der Waals surface area contributed by atoms with Gasteiger partial charge in [-0.2, -0.15) is 10.1 Å². The van der Waals surface area contributed by atoms with Crippen LogP contribution >= 0.6 is 0 Å². The van der Waals surface area contributed by atoms with E-state index in [1.165, 1.54) is 10.9 Å². The molecule has 1 aliphatic heterocycles. The molecule has 0 radical (unpaired) electrons. The molecule has 2 aromatic heterocycles. The number of hydrogen-bond acceptors (Lipinski definition) is 5. The fourth-order valence-electron chi connectivity index (χ4n) is 3.14. The lowest BCUT2D eigenvalue weighted by Gasteiger charge is -2.32. The lowest BCUT2D eigenvalue weighted by Crippen LogP contribution is -2.48. The molecule has 1 aromatic carbocycles. The van der Waals surface area contributed by atoms with Crippen molar-refractivity contribution in [3.8, 4) is 0 Å². The van der Waals surface area contributed by atoms with Crippen molar-refractivity contribution < 1.29 is 4.79 Å². The number of aromatic nitrogens is 4. The summed E-state index contributed by atoms with van der Waals surface area (Å²) in [7, 11) is 1.72. The molecule has 2 N–H and O–H groups in total. The Hall–Kier alpha value is -3.16. The highest BCUT2D eigenvalue weighted by molar-refractivity contribution is 5.99. The normalized spacial score (nSPS) is 17.9. The van der Waals surface area contributed by atoms with Crippen molar-refractivity contribution in [2.45, 2.75) is 18.9 Å². The van der Waals surface area contributed by atoms with E-state index in [0.29, 0.717) is 24.0 Å². The summed E-state index contributed by atoms with van der Waals surface area (Å²) in [6.45, 7) is 0.686. The van der Waals surface area contributed by atoms with Crippen LogP contribution in [-0.2, 0) is 11.8 Å². The highest BCUT2D eigenvalue weighted by atomic mass is 16.2. The fourth-order valence-corrected chi connectivity index (χ4v) is 3.14. The van der Waals surface area contributed by atoms with Crippen LogP contribution < -0.4 is 15.8 Å². The number of benzene rings is 1. The summed E-state index contributed by atoms with van der Waals surface area (Å²) in [5.74, 6) is 0.263.